The molecule has 5 rings (SSSR count). The standard InChI is InChI=1S/C15H15N9/c1-2-13(22-24-9-20-21-12(1)24)23-6-10(7-23)5-17-15-11-3-4-16-14(11)18-8-19-15/h1-4,8-10H,5-7H2,(H2,16,17,18,19). The predicted octanol–water partition coefficient (Wildman–Crippen LogP) is 0.944. The molecule has 0 spiro atoms. The highest BCUT2D eigenvalue weighted by molar-refractivity contribution is 5.86. The zero-order chi connectivity index (χ0) is 15.9. The lowest BCUT2D eigenvalue weighted by Crippen LogP contribution is -2.50. The Bertz CT molecular complexity index is 998. The summed E-state index contributed by atoms with van der Waals surface area (Å²) in [6.45, 7) is 2.81. The fraction of sp³-hybridized carbons (Fsp3) is 0.267. The Kier molecular flexibility index (Phi) is 2.84. The molecule has 0 amide bonds. The first kappa shape index (κ1) is 13.2. The minimum absolute atomic E-state index is 0.562. The number of aromatic nitrogens is 7. The minimum Gasteiger partial charge on any atom is -0.369 e. The summed E-state index contributed by atoms with van der Waals surface area (Å²) in [7, 11) is 0. The Morgan fingerprint density at radius 1 is 1.21 bits per heavy atom. The maximum Gasteiger partial charge on any atom is 0.177 e. The Morgan fingerprint density at radius 2 is 2.17 bits per heavy atom. The second-order valence-corrected chi connectivity index (χ2v) is 5.94. The molecule has 0 atom stereocenters. The normalized spacial score (nSPS) is 15.1. The number of hydrogen-bond donors (Lipinski definition) is 2. The molecule has 0 unspecified atom stereocenters. The molecule has 0 aromatic carbocycles. The van der Waals surface area contributed by atoms with Gasteiger partial charge in [-0.2, -0.15) is 4.52 Å². The zero-order valence-electron chi connectivity index (χ0n) is 12.8. The van der Waals surface area contributed by atoms with Crippen molar-refractivity contribution in [3.05, 3.63) is 37.1 Å². The quantitative estimate of drug-likeness (QED) is 0.577. The highest BCUT2D eigenvalue weighted by atomic mass is 15.4. The first-order valence-electron chi connectivity index (χ1n) is 7.81. The third-order valence-electron chi connectivity index (χ3n) is 4.34. The van der Waals surface area contributed by atoms with E-state index in [2.05, 4.69) is 40.5 Å². The molecular weight excluding hydrogens is 306 g/mol. The van der Waals surface area contributed by atoms with Crippen LogP contribution in [-0.2, 0) is 0 Å². The number of nitrogens with one attached hydrogen (secondary N) is 2. The molecular formula is C15H15N9. The van der Waals surface area contributed by atoms with Crippen LogP contribution in [0, 0.1) is 5.92 Å². The molecule has 9 heteroatoms. The van der Waals surface area contributed by atoms with Gasteiger partial charge in [0.05, 0.1) is 5.39 Å². The summed E-state index contributed by atoms with van der Waals surface area (Å²) in [6, 6.07) is 5.91. The van der Waals surface area contributed by atoms with Crippen LogP contribution in [0.1, 0.15) is 0 Å². The SMILES string of the molecule is c1nc(NCC2CN(c3ccc4nncn4n3)C2)c2cc[nH]c2n1. The number of aromatic amines is 1. The number of rotatable bonds is 4. The van der Waals surface area contributed by atoms with E-state index in [1.807, 2.05) is 24.4 Å². The van der Waals surface area contributed by atoms with Crippen molar-refractivity contribution in [3.63, 3.8) is 0 Å². The maximum absolute atomic E-state index is 4.52. The summed E-state index contributed by atoms with van der Waals surface area (Å²) in [6.07, 6.45) is 5.07. The van der Waals surface area contributed by atoms with Crippen molar-refractivity contribution in [2.75, 3.05) is 29.9 Å². The molecule has 0 radical (unpaired) electrons. The van der Waals surface area contributed by atoms with Crippen LogP contribution in [0.15, 0.2) is 37.1 Å². The van der Waals surface area contributed by atoms with Crippen molar-refractivity contribution >= 4 is 28.3 Å². The van der Waals surface area contributed by atoms with Gasteiger partial charge in [-0.3, -0.25) is 0 Å². The monoisotopic (exact) mass is 321 g/mol. The van der Waals surface area contributed by atoms with Crippen molar-refractivity contribution < 1.29 is 0 Å². The summed E-state index contributed by atoms with van der Waals surface area (Å²) in [5.74, 6) is 2.39. The van der Waals surface area contributed by atoms with E-state index < -0.39 is 0 Å². The second kappa shape index (κ2) is 5.15. The van der Waals surface area contributed by atoms with E-state index in [1.54, 1.807) is 17.2 Å². The third-order valence-corrected chi connectivity index (χ3v) is 4.34. The van der Waals surface area contributed by atoms with Crippen molar-refractivity contribution in [1.82, 2.24) is 34.8 Å². The molecule has 9 nitrogen and oxygen atoms in total. The van der Waals surface area contributed by atoms with Gasteiger partial charge in [-0.1, -0.05) is 0 Å². The molecule has 1 saturated heterocycles. The Morgan fingerprint density at radius 3 is 3.12 bits per heavy atom. The summed E-state index contributed by atoms with van der Waals surface area (Å²) in [5.41, 5.74) is 1.62. The Hall–Kier alpha value is -3.23. The van der Waals surface area contributed by atoms with Gasteiger partial charge in [-0.15, -0.1) is 15.3 Å². The number of H-pyrrole nitrogens is 1. The van der Waals surface area contributed by atoms with Gasteiger partial charge in [0.1, 0.15) is 29.9 Å². The van der Waals surface area contributed by atoms with Crippen LogP contribution in [0.4, 0.5) is 11.6 Å². The molecule has 1 aliphatic heterocycles. The Labute approximate surface area is 136 Å². The van der Waals surface area contributed by atoms with Gasteiger partial charge in [0.15, 0.2) is 5.65 Å². The smallest absolute Gasteiger partial charge is 0.177 e. The van der Waals surface area contributed by atoms with Gasteiger partial charge >= 0.3 is 0 Å². The zero-order valence-corrected chi connectivity index (χ0v) is 12.8. The number of hydrogen-bond acceptors (Lipinski definition) is 7. The summed E-state index contributed by atoms with van der Waals surface area (Å²) < 4.78 is 1.70. The van der Waals surface area contributed by atoms with E-state index in [9.17, 15) is 0 Å². The lowest BCUT2D eigenvalue weighted by atomic mass is 10.0. The van der Waals surface area contributed by atoms with Crippen LogP contribution in [0.2, 0.25) is 0 Å². The third kappa shape index (κ3) is 2.13. The minimum atomic E-state index is 0.562. The molecule has 4 aromatic rings. The van der Waals surface area contributed by atoms with Crippen molar-refractivity contribution in [2.24, 2.45) is 5.92 Å². The van der Waals surface area contributed by atoms with E-state index in [1.165, 1.54) is 0 Å². The fourth-order valence-corrected chi connectivity index (χ4v) is 3.03. The van der Waals surface area contributed by atoms with Crippen molar-refractivity contribution in [1.29, 1.82) is 0 Å². The van der Waals surface area contributed by atoms with Gasteiger partial charge in [0.2, 0.25) is 0 Å². The van der Waals surface area contributed by atoms with Crippen LogP contribution in [0.25, 0.3) is 16.7 Å². The van der Waals surface area contributed by atoms with Crippen LogP contribution < -0.4 is 10.2 Å². The van der Waals surface area contributed by atoms with Crippen LogP contribution in [0.5, 0.6) is 0 Å². The molecule has 0 saturated carbocycles. The number of fused-ring (bicyclic) bond motifs is 2. The summed E-state index contributed by atoms with van der Waals surface area (Å²) >= 11 is 0. The molecule has 4 aromatic heterocycles. The average molecular weight is 321 g/mol. The number of anilines is 2. The fourth-order valence-electron chi connectivity index (χ4n) is 3.03. The molecule has 0 bridgehead atoms. The van der Waals surface area contributed by atoms with Crippen LogP contribution in [0.3, 0.4) is 0 Å². The molecule has 0 aliphatic carbocycles. The maximum atomic E-state index is 4.52. The van der Waals surface area contributed by atoms with Crippen molar-refractivity contribution in [2.45, 2.75) is 0 Å². The van der Waals surface area contributed by atoms with E-state index in [0.29, 0.717) is 5.92 Å². The van der Waals surface area contributed by atoms with E-state index >= 15 is 0 Å². The molecule has 2 N–H and O–H groups in total. The van der Waals surface area contributed by atoms with Crippen LogP contribution >= 0.6 is 0 Å². The summed E-state index contributed by atoms with van der Waals surface area (Å²) in [4.78, 5) is 13.9. The predicted molar refractivity (Wildman–Crippen MR) is 88.9 cm³/mol. The number of nitrogens with zero attached hydrogens (tertiary/aromatic N) is 7. The lowest BCUT2D eigenvalue weighted by molar-refractivity contribution is 0.425. The summed E-state index contributed by atoms with van der Waals surface area (Å²) in [5, 5.41) is 16.8. The molecule has 5 heterocycles. The van der Waals surface area contributed by atoms with Gasteiger partial charge < -0.3 is 15.2 Å². The van der Waals surface area contributed by atoms with Gasteiger partial charge in [0, 0.05) is 31.7 Å². The first-order valence-corrected chi connectivity index (χ1v) is 7.81. The lowest BCUT2D eigenvalue weighted by Gasteiger charge is -2.40. The molecule has 24 heavy (non-hydrogen) atoms. The average Bonchev–Trinajstić information content (AvgIpc) is 3.22. The van der Waals surface area contributed by atoms with E-state index in [-0.39, 0.29) is 0 Å². The van der Waals surface area contributed by atoms with Gasteiger partial charge in [-0.05, 0) is 18.2 Å². The van der Waals surface area contributed by atoms with E-state index in [0.717, 1.165) is 48.0 Å². The van der Waals surface area contributed by atoms with Crippen molar-refractivity contribution in [3.8, 4) is 0 Å². The van der Waals surface area contributed by atoms with E-state index in [4.69, 9.17) is 0 Å². The largest absolute Gasteiger partial charge is 0.369 e. The molecule has 120 valence electrons. The topological polar surface area (TPSA) is 99.9 Å². The highest BCUT2D eigenvalue weighted by Crippen LogP contribution is 2.24. The first-order chi connectivity index (χ1) is 11.9. The van der Waals surface area contributed by atoms with Gasteiger partial charge in [-0.25, -0.2) is 9.97 Å². The molecule has 1 aliphatic rings. The molecule has 1 fully saturated rings. The van der Waals surface area contributed by atoms with Crippen LogP contribution in [-0.4, -0.2) is 54.4 Å². The Balaban J connectivity index is 1.23. The van der Waals surface area contributed by atoms with Gasteiger partial charge in [0.25, 0.3) is 0 Å². The second-order valence-electron chi connectivity index (χ2n) is 5.94. The highest BCUT2D eigenvalue weighted by Gasteiger charge is 2.28.